The van der Waals surface area contributed by atoms with Gasteiger partial charge in [-0.3, -0.25) is 0 Å². The van der Waals surface area contributed by atoms with Crippen LogP contribution in [0.3, 0.4) is 0 Å². The SMILES string of the molecule is COc1ccc(S(=O)(=O)NC(C)(CN)C(C)C)cc1Cl. The standard InChI is InChI=1S/C13H21ClN2O3S/c1-9(2)13(3,8-15)16-20(17,18)10-5-6-12(19-4)11(14)7-10/h5-7,9,16H,8,15H2,1-4H3. The van der Waals surface area contributed by atoms with Gasteiger partial charge in [0, 0.05) is 12.1 Å². The molecular formula is C13H21ClN2O3S. The summed E-state index contributed by atoms with van der Waals surface area (Å²) in [4.78, 5) is 0.0867. The second-order valence-corrected chi connectivity index (χ2v) is 7.27. The van der Waals surface area contributed by atoms with Crippen LogP contribution in [0.1, 0.15) is 20.8 Å². The zero-order chi connectivity index (χ0) is 15.6. The lowest BCUT2D eigenvalue weighted by Gasteiger charge is -2.33. The molecule has 5 nitrogen and oxygen atoms in total. The Morgan fingerprint density at radius 1 is 1.45 bits per heavy atom. The Hall–Kier alpha value is -0.820. The summed E-state index contributed by atoms with van der Waals surface area (Å²) in [5, 5.41) is 0.245. The van der Waals surface area contributed by atoms with Gasteiger partial charge in [-0.25, -0.2) is 13.1 Å². The molecule has 0 aromatic heterocycles. The minimum Gasteiger partial charge on any atom is -0.495 e. The van der Waals surface area contributed by atoms with E-state index in [9.17, 15) is 8.42 Å². The minimum atomic E-state index is -3.69. The van der Waals surface area contributed by atoms with Gasteiger partial charge in [-0.15, -0.1) is 0 Å². The molecule has 1 aromatic rings. The van der Waals surface area contributed by atoms with Crippen LogP contribution in [0.5, 0.6) is 5.75 Å². The van der Waals surface area contributed by atoms with Crippen LogP contribution in [-0.2, 0) is 10.0 Å². The first kappa shape index (κ1) is 17.2. The van der Waals surface area contributed by atoms with Crippen LogP contribution in [0.15, 0.2) is 23.1 Å². The van der Waals surface area contributed by atoms with Crippen molar-refractivity contribution in [1.29, 1.82) is 0 Å². The van der Waals surface area contributed by atoms with Gasteiger partial charge in [-0.1, -0.05) is 25.4 Å². The summed E-state index contributed by atoms with van der Waals surface area (Å²) in [6.07, 6.45) is 0. The van der Waals surface area contributed by atoms with E-state index in [4.69, 9.17) is 22.1 Å². The molecule has 1 aromatic carbocycles. The quantitative estimate of drug-likeness (QED) is 0.840. The number of methoxy groups -OCH3 is 1. The van der Waals surface area contributed by atoms with Crippen molar-refractivity contribution < 1.29 is 13.2 Å². The summed E-state index contributed by atoms with van der Waals surface area (Å²) >= 11 is 5.96. The normalized spacial score (nSPS) is 15.2. The van der Waals surface area contributed by atoms with Crippen LogP contribution in [-0.4, -0.2) is 27.6 Å². The number of hydrogen-bond donors (Lipinski definition) is 2. The van der Waals surface area contributed by atoms with Gasteiger partial charge in [0.05, 0.1) is 17.0 Å². The van der Waals surface area contributed by atoms with Crippen molar-refractivity contribution in [2.75, 3.05) is 13.7 Å². The highest BCUT2D eigenvalue weighted by Gasteiger charge is 2.32. The van der Waals surface area contributed by atoms with E-state index in [2.05, 4.69) is 4.72 Å². The molecule has 0 aliphatic heterocycles. The summed E-state index contributed by atoms with van der Waals surface area (Å²) in [7, 11) is -2.22. The van der Waals surface area contributed by atoms with Crippen molar-refractivity contribution in [3.05, 3.63) is 23.2 Å². The van der Waals surface area contributed by atoms with E-state index in [1.54, 1.807) is 6.92 Å². The van der Waals surface area contributed by atoms with Gasteiger partial charge in [-0.2, -0.15) is 0 Å². The van der Waals surface area contributed by atoms with Gasteiger partial charge in [0.2, 0.25) is 10.0 Å². The van der Waals surface area contributed by atoms with Crippen LogP contribution in [0.4, 0.5) is 0 Å². The minimum absolute atomic E-state index is 0.0518. The molecule has 0 heterocycles. The third-order valence-electron chi connectivity index (χ3n) is 3.50. The fourth-order valence-corrected chi connectivity index (χ4v) is 3.47. The fraction of sp³-hybridized carbons (Fsp3) is 0.538. The summed E-state index contributed by atoms with van der Waals surface area (Å²) in [5.74, 6) is 0.479. The number of ether oxygens (including phenoxy) is 1. The Morgan fingerprint density at radius 3 is 2.45 bits per heavy atom. The van der Waals surface area contributed by atoms with Crippen molar-refractivity contribution >= 4 is 21.6 Å². The van der Waals surface area contributed by atoms with E-state index >= 15 is 0 Å². The number of hydrogen-bond acceptors (Lipinski definition) is 4. The Bertz CT molecular complexity index is 575. The average molecular weight is 321 g/mol. The van der Waals surface area contributed by atoms with Crippen molar-refractivity contribution in [3.63, 3.8) is 0 Å². The van der Waals surface area contributed by atoms with E-state index < -0.39 is 15.6 Å². The molecule has 0 spiro atoms. The van der Waals surface area contributed by atoms with Crippen LogP contribution in [0, 0.1) is 5.92 Å². The van der Waals surface area contributed by atoms with Gasteiger partial charge in [0.25, 0.3) is 0 Å². The number of halogens is 1. The Kier molecular flexibility index (Phi) is 5.43. The summed E-state index contributed by atoms with van der Waals surface area (Å²) in [6, 6.07) is 4.33. The lowest BCUT2D eigenvalue weighted by atomic mass is 9.90. The zero-order valence-electron chi connectivity index (χ0n) is 12.1. The summed E-state index contributed by atoms with van der Waals surface area (Å²) in [6.45, 7) is 5.81. The zero-order valence-corrected chi connectivity index (χ0v) is 13.7. The molecule has 0 bridgehead atoms. The highest BCUT2D eigenvalue weighted by molar-refractivity contribution is 7.89. The van der Waals surface area contributed by atoms with Crippen LogP contribution < -0.4 is 15.2 Å². The topological polar surface area (TPSA) is 81.4 Å². The predicted molar refractivity (Wildman–Crippen MR) is 80.6 cm³/mol. The molecule has 0 fully saturated rings. The first-order valence-electron chi connectivity index (χ1n) is 6.24. The van der Waals surface area contributed by atoms with Gasteiger partial charge in [0.15, 0.2) is 0 Å². The monoisotopic (exact) mass is 320 g/mol. The van der Waals surface area contributed by atoms with Gasteiger partial charge < -0.3 is 10.5 Å². The molecule has 0 aliphatic rings. The molecule has 114 valence electrons. The number of nitrogens with two attached hydrogens (primary N) is 1. The smallest absolute Gasteiger partial charge is 0.241 e. The highest BCUT2D eigenvalue weighted by atomic mass is 35.5. The number of benzene rings is 1. The third kappa shape index (κ3) is 3.63. The maximum absolute atomic E-state index is 12.4. The lowest BCUT2D eigenvalue weighted by molar-refractivity contribution is 0.315. The molecule has 0 saturated heterocycles. The van der Waals surface area contributed by atoms with E-state index in [-0.39, 0.29) is 22.4 Å². The molecule has 3 N–H and O–H groups in total. The molecule has 0 saturated carbocycles. The number of nitrogens with one attached hydrogen (secondary N) is 1. The van der Waals surface area contributed by atoms with Crippen LogP contribution in [0.2, 0.25) is 5.02 Å². The van der Waals surface area contributed by atoms with Crippen LogP contribution in [0.25, 0.3) is 0 Å². The number of sulfonamides is 1. The lowest BCUT2D eigenvalue weighted by Crippen LogP contribution is -2.54. The molecular weight excluding hydrogens is 300 g/mol. The number of rotatable bonds is 6. The van der Waals surface area contributed by atoms with Gasteiger partial charge in [-0.05, 0) is 31.0 Å². The third-order valence-corrected chi connectivity index (χ3v) is 5.40. The second-order valence-electron chi connectivity index (χ2n) is 5.18. The highest BCUT2D eigenvalue weighted by Crippen LogP contribution is 2.28. The van der Waals surface area contributed by atoms with Crippen LogP contribution >= 0.6 is 11.6 Å². The van der Waals surface area contributed by atoms with Gasteiger partial charge in [0.1, 0.15) is 5.75 Å². The van der Waals surface area contributed by atoms with E-state index in [1.807, 2.05) is 13.8 Å². The molecule has 0 radical (unpaired) electrons. The molecule has 0 aliphatic carbocycles. The average Bonchev–Trinajstić information content (AvgIpc) is 2.37. The molecule has 1 unspecified atom stereocenters. The first-order chi connectivity index (χ1) is 9.16. The summed E-state index contributed by atoms with van der Waals surface area (Å²) in [5.41, 5.74) is 4.98. The Labute approximate surface area is 125 Å². The molecule has 1 atom stereocenters. The van der Waals surface area contributed by atoms with Crippen molar-refractivity contribution in [2.45, 2.75) is 31.2 Å². The molecule has 0 amide bonds. The fourth-order valence-electron chi connectivity index (χ4n) is 1.58. The van der Waals surface area contributed by atoms with Crippen molar-refractivity contribution in [2.24, 2.45) is 11.7 Å². The molecule has 7 heteroatoms. The molecule has 1 rings (SSSR count). The van der Waals surface area contributed by atoms with E-state index in [0.29, 0.717) is 5.75 Å². The maximum Gasteiger partial charge on any atom is 0.241 e. The summed E-state index contributed by atoms with van der Waals surface area (Å²) < 4.78 is 32.4. The van der Waals surface area contributed by atoms with E-state index in [1.165, 1.54) is 25.3 Å². The van der Waals surface area contributed by atoms with Gasteiger partial charge >= 0.3 is 0 Å². The molecule has 20 heavy (non-hydrogen) atoms. The Morgan fingerprint density at radius 2 is 2.05 bits per heavy atom. The Balaban J connectivity index is 3.14. The largest absolute Gasteiger partial charge is 0.495 e. The van der Waals surface area contributed by atoms with Crippen molar-refractivity contribution in [3.8, 4) is 5.75 Å². The second kappa shape index (κ2) is 6.30. The maximum atomic E-state index is 12.4. The van der Waals surface area contributed by atoms with Crippen molar-refractivity contribution in [1.82, 2.24) is 4.72 Å². The first-order valence-corrected chi connectivity index (χ1v) is 8.10. The predicted octanol–water partition coefficient (Wildman–Crippen LogP) is 2.00. The van der Waals surface area contributed by atoms with E-state index in [0.717, 1.165) is 0 Å².